The summed E-state index contributed by atoms with van der Waals surface area (Å²) in [5.41, 5.74) is 0.624. The van der Waals surface area contributed by atoms with Gasteiger partial charge in [-0.3, -0.25) is 4.68 Å². The lowest BCUT2D eigenvalue weighted by molar-refractivity contribution is 0.199. The Labute approximate surface area is 88.0 Å². The number of aliphatic hydroxyl groups is 1. The first-order valence-corrected chi connectivity index (χ1v) is 4.91. The summed E-state index contributed by atoms with van der Waals surface area (Å²) >= 11 is 0. The third-order valence-electron chi connectivity index (χ3n) is 2.35. The summed E-state index contributed by atoms with van der Waals surface area (Å²) < 4.78 is 3.57. The largest absolute Gasteiger partial charge is 0.379 e. The molecule has 1 unspecified atom stereocenters. The average Bonchev–Trinajstić information content (AvgIpc) is 2.84. The third kappa shape index (κ3) is 1.78. The van der Waals surface area contributed by atoms with Crippen LogP contribution in [0.1, 0.15) is 24.5 Å². The van der Waals surface area contributed by atoms with Crippen LogP contribution in [0.25, 0.3) is 0 Å². The molecule has 5 nitrogen and oxygen atoms in total. The van der Waals surface area contributed by atoms with E-state index >= 15 is 0 Å². The zero-order valence-corrected chi connectivity index (χ0v) is 8.83. The van der Waals surface area contributed by atoms with Crippen LogP contribution in [0.3, 0.4) is 0 Å². The summed E-state index contributed by atoms with van der Waals surface area (Å²) in [5.74, 6) is 0.635. The molecule has 80 valence electrons. The molecule has 1 N–H and O–H groups in total. The topological polar surface area (TPSA) is 55.9 Å². The smallest absolute Gasteiger partial charge is 0.155 e. The van der Waals surface area contributed by atoms with Crippen molar-refractivity contribution in [2.75, 3.05) is 0 Å². The molecule has 1 atom stereocenters. The van der Waals surface area contributed by atoms with Crippen LogP contribution < -0.4 is 0 Å². The molecular weight excluding hydrogens is 192 g/mol. The van der Waals surface area contributed by atoms with Crippen molar-refractivity contribution in [2.24, 2.45) is 7.05 Å². The van der Waals surface area contributed by atoms with E-state index in [1.807, 2.05) is 24.7 Å². The van der Waals surface area contributed by atoms with Gasteiger partial charge >= 0.3 is 0 Å². The lowest BCUT2D eigenvalue weighted by Gasteiger charge is -2.09. The van der Waals surface area contributed by atoms with Gasteiger partial charge in [0.15, 0.2) is 6.10 Å². The van der Waals surface area contributed by atoms with Gasteiger partial charge in [0.1, 0.15) is 5.82 Å². The number of aromatic nitrogens is 4. The number of aliphatic hydroxyl groups excluding tert-OH is 1. The standard InChI is InChI=1S/C10H14N4O/c1-3-14-7-5-11-10(14)9(15)8-4-6-13(2)12-8/h4-7,9,15H,3H2,1-2H3. The van der Waals surface area contributed by atoms with E-state index in [-0.39, 0.29) is 0 Å². The number of rotatable bonds is 3. The minimum absolute atomic E-state index is 0.624. The molecule has 2 aromatic rings. The van der Waals surface area contributed by atoms with Crippen LogP contribution >= 0.6 is 0 Å². The van der Waals surface area contributed by atoms with Crippen LogP contribution in [-0.2, 0) is 13.6 Å². The average molecular weight is 206 g/mol. The Bertz CT molecular complexity index is 446. The molecule has 0 fully saturated rings. The fourth-order valence-electron chi connectivity index (χ4n) is 1.55. The molecule has 2 heterocycles. The number of nitrogens with zero attached hydrogens (tertiary/aromatic N) is 4. The van der Waals surface area contributed by atoms with E-state index in [4.69, 9.17) is 0 Å². The fraction of sp³-hybridized carbons (Fsp3) is 0.400. The molecule has 2 aromatic heterocycles. The summed E-state index contributed by atoms with van der Waals surface area (Å²) in [6, 6.07) is 1.79. The molecule has 0 aliphatic heterocycles. The van der Waals surface area contributed by atoms with Crippen molar-refractivity contribution in [3.8, 4) is 0 Å². The third-order valence-corrected chi connectivity index (χ3v) is 2.35. The zero-order valence-electron chi connectivity index (χ0n) is 8.83. The van der Waals surface area contributed by atoms with E-state index in [2.05, 4.69) is 10.1 Å². The van der Waals surface area contributed by atoms with E-state index in [0.717, 1.165) is 6.54 Å². The molecule has 0 bridgehead atoms. The van der Waals surface area contributed by atoms with Gasteiger partial charge in [-0.25, -0.2) is 4.98 Å². The predicted molar refractivity (Wildman–Crippen MR) is 55.2 cm³/mol. The molecule has 0 spiro atoms. The maximum atomic E-state index is 10.0. The lowest BCUT2D eigenvalue weighted by Crippen LogP contribution is -2.09. The molecule has 0 saturated heterocycles. The van der Waals surface area contributed by atoms with Gasteiger partial charge in [-0.2, -0.15) is 5.10 Å². The van der Waals surface area contributed by atoms with Crippen LogP contribution in [0.2, 0.25) is 0 Å². The van der Waals surface area contributed by atoms with Gasteiger partial charge in [0, 0.05) is 32.2 Å². The summed E-state index contributed by atoms with van der Waals surface area (Å²) in [5, 5.41) is 14.2. The highest BCUT2D eigenvalue weighted by Crippen LogP contribution is 2.18. The molecule has 0 radical (unpaired) electrons. The van der Waals surface area contributed by atoms with Crippen LogP contribution in [0.15, 0.2) is 24.7 Å². The Morgan fingerprint density at radius 2 is 2.27 bits per heavy atom. The van der Waals surface area contributed by atoms with Crippen molar-refractivity contribution < 1.29 is 5.11 Å². The second kappa shape index (κ2) is 3.86. The first-order chi connectivity index (χ1) is 7.22. The highest BCUT2D eigenvalue weighted by molar-refractivity contribution is 5.13. The fourth-order valence-corrected chi connectivity index (χ4v) is 1.55. The van der Waals surface area contributed by atoms with E-state index in [0.29, 0.717) is 11.5 Å². The second-order valence-electron chi connectivity index (χ2n) is 3.39. The number of hydrogen-bond donors (Lipinski definition) is 1. The molecule has 0 aliphatic carbocycles. The maximum absolute atomic E-state index is 10.0. The summed E-state index contributed by atoms with van der Waals surface area (Å²) in [4.78, 5) is 4.14. The van der Waals surface area contributed by atoms with Crippen LogP contribution in [-0.4, -0.2) is 24.4 Å². The summed E-state index contributed by atoms with van der Waals surface area (Å²) in [7, 11) is 1.82. The van der Waals surface area contributed by atoms with Crippen molar-refractivity contribution in [1.29, 1.82) is 0 Å². The highest BCUT2D eigenvalue weighted by atomic mass is 16.3. The highest BCUT2D eigenvalue weighted by Gasteiger charge is 2.17. The molecule has 0 aliphatic rings. The minimum atomic E-state index is -0.749. The minimum Gasteiger partial charge on any atom is -0.379 e. The van der Waals surface area contributed by atoms with Gasteiger partial charge < -0.3 is 9.67 Å². The van der Waals surface area contributed by atoms with Crippen molar-refractivity contribution >= 4 is 0 Å². The first kappa shape index (κ1) is 9.92. The van der Waals surface area contributed by atoms with E-state index < -0.39 is 6.10 Å². The first-order valence-electron chi connectivity index (χ1n) is 4.91. The van der Waals surface area contributed by atoms with Gasteiger partial charge in [-0.1, -0.05) is 0 Å². The maximum Gasteiger partial charge on any atom is 0.155 e. The Hall–Kier alpha value is -1.62. The number of aryl methyl sites for hydroxylation is 2. The molecule has 15 heavy (non-hydrogen) atoms. The Kier molecular flexibility index (Phi) is 2.55. The monoisotopic (exact) mass is 206 g/mol. The van der Waals surface area contributed by atoms with Crippen molar-refractivity contribution in [3.05, 3.63) is 36.2 Å². The van der Waals surface area contributed by atoms with Crippen LogP contribution in [0.4, 0.5) is 0 Å². The molecule has 0 amide bonds. The summed E-state index contributed by atoms with van der Waals surface area (Å²) in [6.45, 7) is 2.80. The van der Waals surface area contributed by atoms with E-state index in [1.165, 1.54) is 0 Å². The molecule has 0 aromatic carbocycles. The molecular formula is C10H14N4O. The van der Waals surface area contributed by atoms with E-state index in [1.54, 1.807) is 23.1 Å². The summed E-state index contributed by atoms with van der Waals surface area (Å²) in [6.07, 6.45) is 4.59. The number of imidazole rings is 1. The second-order valence-corrected chi connectivity index (χ2v) is 3.39. The Morgan fingerprint density at radius 3 is 2.87 bits per heavy atom. The molecule has 0 saturated carbocycles. The predicted octanol–water partition coefficient (Wildman–Crippen LogP) is 0.718. The van der Waals surface area contributed by atoms with Gasteiger partial charge in [-0.05, 0) is 13.0 Å². The lowest BCUT2D eigenvalue weighted by atomic mass is 10.2. The normalized spacial score (nSPS) is 13.0. The molecule has 5 heteroatoms. The van der Waals surface area contributed by atoms with Gasteiger partial charge in [-0.15, -0.1) is 0 Å². The molecule has 2 rings (SSSR count). The van der Waals surface area contributed by atoms with Crippen molar-refractivity contribution in [1.82, 2.24) is 19.3 Å². The SMILES string of the molecule is CCn1ccnc1C(O)c1ccn(C)n1. The van der Waals surface area contributed by atoms with Crippen LogP contribution in [0.5, 0.6) is 0 Å². The van der Waals surface area contributed by atoms with Crippen molar-refractivity contribution in [3.63, 3.8) is 0 Å². The van der Waals surface area contributed by atoms with E-state index in [9.17, 15) is 5.11 Å². The zero-order chi connectivity index (χ0) is 10.8. The van der Waals surface area contributed by atoms with Gasteiger partial charge in [0.2, 0.25) is 0 Å². The number of hydrogen-bond acceptors (Lipinski definition) is 3. The van der Waals surface area contributed by atoms with Gasteiger partial charge in [0.05, 0.1) is 5.69 Å². The van der Waals surface area contributed by atoms with Gasteiger partial charge in [0.25, 0.3) is 0 Å². The van der Waals surface area contributed by atoms with Crippen molar-refractivity contribution in [2.45, 2.75) is 19.6 Å². The Balaban J connectivity index is 2.31. The quantitative estimate of drug-likeness (QED) is 0.805. The van der Waals surface area contributed by atoms with Crippen LogP contribution in [0, 0.1) is 0 Å². The Morgan fingerprint density at radius 1 is 1.47 bits per heavy atom.